The van der Waals surface area contributed by atoms with E-state index in [4.69, 9.17) is 19.2 Å². The van der Waals surface area contributed by atoms with E-state index in [1.54, 1.807) is 31.4 Å². The molecule has 0 radical (unpaired) electrons. The molecule has 0 unspecified atom stereocenters. The first kappa shape index (κ1) is 17.3. The third kappa shape index (κ3) is 4.31. The van der Waals surface area contributed by atoms with E-state index in [1.807, 2.05) is 42.5 Å². The molecule has 3 aromatic rings. The van der Waals surface area contributed by atoms with Crippen molar-refractivity contribution in [3.63, 3.8) is 0 Å². The van der Waals surface area contributed by atoms with Crippen LogP contribution >= 0.6 is 0 Å². The molecule has 0 aliphatic rings. The van der Waals surface area contributed by atoms with Crippen LogP contribution in [-0.4, -0.2) is 13.1 Å². The van der Waals surface area contributed by atoms with Gasteiger partial charge in [-0.2, -0.15) is 5.26 Å². The van der Waals surface area contributed by atoms with Crippen LogP contribution in [0.2, 0.25) is 0 Å². The summed E-state index contributed by atoms with van der Waals surface area (Å²) in [5, 5.41) is 8.76. The van der Waals surface area contributed by atoms with E-state index in [1.165, 1.54) is 0 Å². The van der Waals surface area contributed by atoms with Crippen LogP contribution in [0.1, 0.15) is 17.7 Å². The van der Waals surface area contributed by atoms with Crippen LogP contribution in [0.5, 0.6) is 11.5 Å². The highest BCUT2D eigenvalue weighted by molar-refractivity contribution is 5.72. The van der Waals surface area contributed by atoms with Gasteiger partial charge in [0.15, 0.2) is 0 Å². The van der Waals surface area contributed by atoms with E-state index in [2.05, 4.69) is 0 Å². The van der Waals surface area contributed by atoms with Crippen LogP contribution < -0.4 is 9.47 Å². The van der Waals surface area contributed by atoms with Crippen molar-refractivity contribution in [2.45, 2.75) is 12.8 Å². The molecular weight excluding hydrogens is 330 g/mol. The van der Waals surface area contributed by atoms with Crippen molar-refractivity contribution in [1.82, 2.24) is 0 Å². The summed E-state index contributed by atoms with van der Waals surface area (Å²) >= 11 is 0. The average Bonchev–Trinajstić information content (AvgIpc) is 3.16. The first-order valence-corrected chi connectivity index (χ1v) is 8.12. The maximum Gasteiger partial charge on any atom is 0.311 e. The third-order valence-electron chi connectivity index (χ3n) is 3.83. The number of carbonyl (C=O) groups is 1. The summed E-state index contributed by atoms with van der Waals surface area (Å²) in [6.45, 7) is 0. The fraction of sp³-hybridized carbons (Fsp3) is 0.143. The summed E-state index contributed by atoms with van der Waals surface area (Å²) in [4.78, 5) is 11.9. The summed E-state index contributed by atoms with van der Waals surface area (Å²) in [6.07, 6.45) is 0.654. The van der Waals surface area contributed by atoms with E-state index in [-0.39, 0.29) is 12.4 Å². The number of benzene rings is 2. The average molecular weight is 347 g/mol. The van der Waals surface area contributed by atoms with Gasteiger partial charge in [0.1, 0.15) is 23.0 Å². The van der Waals surface area contributed by atoms with Gasteiger partial charge in [-0.25, -0.2) is 0 Å². The molecule has 1 heterocycles. The molecule has 5 nitrogen and oxygen atoms in total. The second-order valence-corrected chi connectivity index (χ2v) is 5.60. The van der Waals surface area contributed by atoms with Gasteiger partial charge in [0.2, 0.25) is 0 Å². The van der Waals surface area contributed by atoms with E-state index >= 15 is 0 Å². The van der Waals surface area contributed by atoms with Gasteiger partial charge in [0.25, 0.3) is 0 Å². The minimum Gasteiger partial charge on any atom is -0.497 e. The van der Waals surface area contributed by atoms with Crippen molar-refractivity contribution >= 4 is 5.97 Å². The Bertz CT molecular complexity index is 918. The Balaban J connectivity index is 1.55. The molecule has 0 aliphatic heterocycles. The van der Waals surface area contributed by atoms with Crippen LogP contribution in [0, 0.1) is 11.3 Å². The van der Waals surface area contributed by atoms with Gasteiger partial charge in [-0.1, -0.05) is 0 Å². The number of hydrogen-bond acceptors (Lipinski definition) is 5. The summed E-state index contributed by atoms with van der Waals surface area (Å²) in [5.74, 6) is 2.31. The zero-order valence-corrected chi connectivity index (χ0v) is 14.3. The topological polar surface area (TPSA) is 72.5 Å². The number of rotatable bonds is 6. The number of ether oxygens (including phenoxy) is 2. The Kier molecular flexibility index (Phi) is 5.35. The molecule has 26 heavy (non-hydrogen) atoms. The van der Waals surface area contributed by atoms with E-state index < -0.39 is 0 Å². The highest BCUT2D eigenvalue weighted by Crippen LogP contribution is 2.25. The van der Waals surface area contributed by atoms with Gasteiger partial charge in [-0.15, -0.1) is 0 Å². The molecule has 0 saturated carbocycles. The summed E-state index contributed by atoms with van der Waals surface area (Å²) in [7, 11) is 1.62. The molecule has 0 N–H and O–H groups in total. The van der Waals surface area contributed by atoms with Gasteiger partial charge in [0.05, 0.1) is 25.2 Å². The summed E-state index contributed by atoms with van der Waals surface area (Å²) in [5.41, 5.74) is 1.46. The molecule has 2 aromatic carbocycles. The van der Waals surface area contributed by atoms with E-state index in [9.17, 15) is 4.79 Å². The summed E-state index contributed by atoms with van der Waals surface area (Å²) < 4.78 is 16.2. The van der Waals surface area contributed by atoms with Gasteiger partial charge in [-0.3, -0.25) is 4.79 Å². The Morgan fingerprint density at radius 2 is 1.69 bits per heavy atom. The van der Waals surface area contributed by atoms with Crippen LogP contribution in [0.15, 0.2) is 65.1 Å². The Morgan fingerprint density at radius 1 is 1.00 bits per heavy atom. The predicted octanol–water partition coefficient (Wildman–Crippen LogP) is 4.37. The molecule has 5 heteroatoms. The quantitative estimate of drug-likeness (QED) is 0.489. The van der Waals surface area contributed by atoms with Crippen molar-refractivity contribution in [2.24, 2.45) is 0 Å². The zero-order valence-electron chi connectivity index (χ0n) is 14.3. The number of nitriles is 1. The number of methoxy groups -OCH3 is 1. The van der Waals surface area contributed by atoms with Gasteiger partial charge in [-0.05, 0) is 60.7 Å². The summed E-state index contributed by atoms with van der Waals surface area (Å²) in [6, 6.07) is 19.7. The molecular formula is C21H17NO4. The lowest BCUT2D eigenvalue weighted by Gasteiger charge is -2.03. The highest BCUT2D eigenvalue weighted by atomic mass is 16.5. The van der Waals surface area contributed by atoms with Crippen molar-refractivity contribution in [1.29, 1.82) is 5.26 Å². The lowest BCUT2D eigenvalue weighted by molar-refractivity contribution is -0.134. The maximum atomic E-state index is 11.9. The first-order valence-electron chi connectivity index (χ1n) is 8.12. The largest absolute Gasteiger partial charge is 0.497 e. The smallest absolute Gasteiger partial charge is 0.311 e. The number of esters is 1. The molecule has 3 rings (SSSR count). The number of nitrogens with zero attached hydrogens (tertiary/aromatic N) is 1. The zero-order chi connectivity index (χ0) is 18.4. The number of hydrogen-bond donors (Lipinski definition) is 0. The van der Waals surface area contributed by atoms with Crippen molar-refractivity contribution < 1.29 is 18.7 Å². The van der Waals surface area contributed by atoms with Crippen molar-refractivity contribution in [3.8, 4) is 28.9 Å². The maximum absolute atomic E-state index is 11.9. The molecule has 0 spiro atoms. The minimum atomic E-state index is -0.350. The van der Waals surface area contributed by atoms with Crippen LogP contribution in [0.4, 0.5) is 0 Å². The second-order valence-electron chi connectivity index (χ2n) is 5.60. The second kappa shape index (κ2) is 8.04. The number of furan rings is 1. The molecule has 0 amide bonds. The monoisotopic (exact) mass is 347 g/mol. The third-order valence-corrected chi connectivity index (χ3v) is 3.83. The predicted molar refractivity (Wildman–Crippen MR) is 95.8 cm³/mol. The molecule has 0 bridgehead atoms. The van der Waals surface area contributed by atoms with Gasteiger partial charge < -0.3 is 13.9 Å². The van der Waals surface area contributed by atoms with Gasteiger partial charge >= 0.3 is 5.97 Å². The standard InChI is InChI=1S/C21H17NO4/c1-24-17-8-4-16(5-9-17)20-12-10-18(25-20)11-13-21(23)26-19-6-2-15(14-22)3-7-19/h2-10,12H,11,13H2,1H3. The van der Waals surface area contributed by atoms with E-state index in [0.29, 0.717) is 23.5 Å². The highest BCUT2D eigenvalue weighted by Gasteiger charge is 2.09. The molecule has 0 atom stereocenters. The number of aryl methyl sites for hydroxylation is 1. The molecule has 130 valence electrons. The SMILES string of the molecule is COc1ccc(-c2ccc(CCC(=O)Oc3ccc(C#N)cc3)o2)cc1. The van der Waals surface area contributed by atoms with Crippen molar-refractivity contribution in [2.75, 3.05) is 7.11 Å². The van der Waals surface area contributed by atoms with Crippen molar-refractivity contribution in [3.05, 3.63) is 72.0 Å². The van der Waals surface area contributed by atoms with Crippen LogP contribution in [-0.2, 0) is 11.2 Å². The lowest BCUT2D eigenvalue weighted by Crippen LogP contribution is -2.08. The fourth-order valence-electron chi connectivity index (χ4n) is 2.43. The molecule has 0 fully saturated rings. The molecule has 1 aromatic heterocycles. The van der Waals surface area contributed by atoms with Crippen LogP contribution in [0.25, 0.3) is 11.3 Å². The normalized spacial score (nSPS) is 10.2. The fourth-order valence-corrected chi connectivity index (χ4v) is 2.43. The number of carbonyl (C=O) groups excluding carboxylic acids is 1. The molecule has 0 aliphatic carbocycles. The van der Waals surface area contributed by atoms with Gasteiger partial charge in [0, 0.05) is 12.0 Å². The van der Waals surface area contributed by atoms with E-state index in [0.717, 1.165) is 17.1 Å². The lowest BCUT2D eigenvalue weighted by atomic mass is 10.2. The Labute approximate surface area is 151 Å². The molecule has 0 saturated heterocycles. The Hall–Kier alpha value is -3.52. The van der Waals surface area contributed by atoms with Crippen LogP contribution in [0.3, 0.4) is 0 Å². The first-order chi connectivity index (χ1) is 12.7. The Morgan fingerprint density at radius 3 is 2.35 bits per heavy atom. The minimum absolute atomic E-state index is 0.204.